The summed E-state index contributed by atoms with van der Waals surface area (Å²) in [6.45, 7) is 4.15. The number of hydrazine groups is 1. The number of carbonyl (C=O) groups excluding carboxylic acids is 1. The molecule has 0 aromatic heterocycles. The van der Waals surface area contributed by atoms with Gasteiger partial charge in [-0.3, -0.25) is 14.8 Å². The number of ether oxygens (including phenoxy) is 2. The Balaban J connectivity index is 0.00000240. The van der Waals surface area contributed by atoms with E-state index in [-0.39, 0.29) is 30.7 Å². The average Bonchev–Trinajstić information content (AvgIpc) is 2.63. The van der Waals surface area contributed by atoms with Crippen LogP contribution in [0.1, 0.15) is 40.7 Å². The van der Waals surface area contributed by atoms with Crippen LogP contribution in [-0.4, -0.2) is 28.3 Å². The lowest BCUT2D eigenvalue weighted by molar-refractivity contribution is -0.142. The highest BCUT2D eigenvalue weighted by atomic mass is 35.5. The summed E-state index contributed by atoms with van der Waals surface area (Å²) in [6, 6.07) is 7.97. The van der Waals surface area contributed by atoms with Crippen LogP contribution >= 0.6 is 12.4 Å². The number of anilines is 1. The van der Waals surface area contributed by atoms with E-state index in [0.29, 0.717) is 24.5 Å². The molecular weight excluding hydrogens is 412 g/mol. The second-order valence-corrected chi connectivity index (χ2v) is 8.83. The smallest absolute Gasteiger partial charge is 0.310 e. The summed E-state index contributed by atoms with van der Waals surface area (Å²) in [7, 11) is -0.737. The second kappa shape index (κ2) is 8.73. The number of benzene rings is 2. The number of esters is 1. The van der Waals surface area contributed by atoms with Crippen LogP contribution in [0.2, 0.25) is 0 Å². The van der Waals surface area contributed by atoms with Crippen LogP contribution < -0.4 is 16.0 Å². The maximum Gasteiger partial charge on any atom is 0.310 e. The lowest BCUT2D eigenvalue weighted by Gasteiger charge is -2.31. The Bertz CT molecular complexity index is 972. The van der Waals surface area contributed by atoms with Gasteiger partial charge >= 0.3 is 5.97 Å². The predicted octanol–water partition coefficient (Wildman–Crippen LogP) is 3.35. The number of hydrogen-bond acceptors (Lipinski definition) is 6. The zero-order chi connectivity index (χ0) is 19.8. The quantitative estimate of drug-likeness (QED) is 0.362. The molecule has 0 aliphatic carbocycles. The Morgan fingerprint density at radius 3 is 2.69 bits per heavy atom. The van der Waals surface area contributed by atoms with Gasteiger partial charge in [0, 0.05) is 45.8 Å². The first kappa shape index (κ1) is 21.6. The highest BCUT2D eigenvalue weighted by Crippen LogP contribution is 2.45. The van der Waals surface area contributed by atoms with Crippen molar-refractivity contribution in [1.82, 2.24) is 0 Å². The van der Waals surface area contributed by atoms with Gasteiger partial charge in [0.1, 0.15) is 11.5 Å². The minimum Gasteiger partial charge on any atom is -0.466 e. The van der Waals surface area contributed by atoms with Crippen molar-refractivity contribution in [3.8, 4) is 11.5 Å². The third-order valence-electron chi connectivity index (χ3n) is 5.32. The zero-order valence-corrected chi connectivity index (χ0v) is 18.1. The summed E-state index contributed by atoms with van der Waals surface area (Å²) in [5.41, 5.74) is 8.66. The number of rotatable bonds is 5. The standard InChI is InChI=1S/C21H24N2O4S.ClH/c1-3-26-20(24)8-13-6-12(2)7-19-16(13)9-17-18(27-19)5-4-15(21(17)23-22)14-10-28(25)11-14;/h4-7,14,23H,3,8-11,22H2,1-2H3;1H. The van der Waals surface area contributed by atoms with E-state index in [1.54, 1.807) is 6.92 Å². The number of carbonyl (C=O) groups is 1. The first-order chi connectivity index (χ1) is 13.5. The zero-order valence-electron chi connectivity index (χ0n) is 16.4. The third kappa shape index (κ3) is 4.13. The van der Waals surface area contributed by atoms with E-state index in [0.717, 1.165) is 45.0 Å². The summed E-state index contributed by atoms with van der Waals surface area (Å²) >= 11 is 0. The molecule has 0 saturated carbocycles. The van der Waals surface area contributed by atoms with Crippen molar-refractivity contribution in [3.05, 3.63) is 52.1 Å². The van der Waals surface area contributed by atoms with E-state index < -0.39 is 10.8 Å². The largest absolute Gasteiger partial charge is 0.466 e. The second-order valence-electron chi connectivity index (χ2n) is 7.28. The number of aryl methyl sites for hydroxylation is 1. The summed E-state index contributed by atoms with van der Waals surface area (Å²) < 4.78 is 22.9. The Kier molecular flexibility index (Phi) is 6.51. The van der Waals surface area contributed by atoms with Crippen LogP contribution in [0, 0.1) is 6.92 Å². The number of hydrogen-bond donors (Lipinski definition) is 2. The molecule has 6 nitrogen and oxygen atoms in total. The molecule has 0 amide bonds. The molecule has 0 bridgehead atoms. The normalized spacial score (nSPS) is 19.0. The van der Waals surface area contributed by atoms with E-state index in [4.69, 9.17) is 15.3 Å². The first-order valence-electron chi connectivity index (χ1n) is 9.43. The van der Waals surface area contributed by atoms with E-state index in [1.165, 1.54) is 0 Å². The van der Waals surface area contributed by atoms with Crippen molar-refractivity contribution < 1.29 is 18.5 Å². The Hall–Kier alpha value is -2.09. The Morgan fingerprint density at radius 1 is 1.28 bits per heavy atom. The molecule has 8 heteroatoms. The third-order valence-corrected chi connectivity index (χ3v) is 6.87. The van der Waals surface area contributed by atoms with Crippen LogP contribution in [0.4, 0.5) is 5.69 Å². The molecule has 3 N–H and O–H groups in total. The SMILES string of the molecule is CCOC(=O)Cc1cc(C)cc2c1Cc1c(ccc(C3CS(=O)C3)c1NN)O2.Cl. The van der Waals surface area contributed by atoms with E-state index in [9.17, 15) is 9.00 Å². The number of nitrogen functional groups attached to an aromatic ring is 1. The van der Waals surface area contributed by atoms with Crippen LogP contribution in [0.25, 0.3) is 0 Å². The molecule has 29 heavy (non-hydrogen) atoms. The minimum atomic E-state index is -0.737. The maximum absolute atomic E-state index is 12.1. The highest BCUT2D eigenvalue weighted by molar-refractivity contribution is 7.86. The van der Waals surface area contributed by atoms with Crippen LogP contribution in [0.3, 0.4) is 0 Å². The van der Waals surface area contributed by atoms with Gasteiger partial charge in [-0.2, -0.15) is 0 Å². The van der Waals surface area contributed by atoms with Crippen molar-refractivity contribution in [3.63, 3.8) is 0 Å². The van der Waals surface area contributed by atoms with Crippen LogP contribution in [0.5, 0.6) is 11.5 Å². The number of fused-ring (bicyclic) bond motifs is 2. The molecule has 0 atom stereocenters. The average molecular weight is 437 g/mol. The monoisotopic (exact) mass is 436 g/mol. The predicted molar refractivity (Wildman–Crippen MR) is 117 cm³/mol. The molecule has 2 aromatic rings. The van der Waals surface area contributed by atoms with Crippen molar-refractivity contribution in [2.24, 2.45) is 5.84 Å². The van der Waals surface area contributed by atoms with Gasteiger partial charge in [0.2, 0.25) is 0 Å². The topological polar surface area (TPSA) is 90.7 Å². The lowest BCUT2D eigenvalue weighted by Crippen LogP contribution is -2.30. The Labute approximate surface area is 179 Å². The fraction of sp³-hybridized carbons (Fsp3) is 0.381. The molecular formula is C21H25ClN2O4S. The van der Waals surface area contributed by atoms with Gasteiger partial charge in [-0.05, 0) is 42.7 Å². The summed E-state index contributed by atoms with van der Waals surface area (Å²) in [5, 5.41) is 0. The van der Waals surface area contributed by atoms with Gasteiger partial charge in [-0.25, -0.2) is 0 Å². The molecule has 2 aromatic carbocycles. The van der Waals surface area contributed by atoms with Crippen molar-refractivity contribution in [2.45, 2.75) is 32.6 Å². The van der Waals surface area contributed by atoms with Gasteiger partial charge in [-0.15, -0.1) is 12.4 Å². The molecule has 2 aliphatic rings. The summed E-state index contributed by atoms with van der Waals surface area (Å²) in [6.07, 6.45) is 0.825. The summed E-state index contributed by atoms with van der Waals surface area (Å²) in [5.74, 6) is 8.73. The first-order valence-corrected chi connectivity index (χ1v) is 10.9. The minimum absolute atomic E-state index is 0. The molecule has 0 radical (unpaired) electrons. The molecule has 4 rings (SSSR count). The lowest BCUT2D eigenvalue weighted by atomic mass is 9.89. The van der Waals surface area contributed by atoms with Gasteiger partial charge < -0.3 is 14.9 Å². The van der Waals surface area contributed by atoms with Crippen molar-refractivity contribution in [1.29, 1.82) is 0 Å². The van der Waals surface area contributed by atoms with E-state index >= 15 is 0 Å². The molecule has 1 fully saturated rings. The number of nitrogens with one attached hydrogen (secondary N) is 1. The number of nitrogens with two attached hydrogens (primary N) is 1. The fourth-order valence-electron chi connectivity index (χ4n) is 3.98. The van der Waals surface area contributed by atoms with Crippen LogP contribution in [-0.2, 0) is 33.2 Å². The molecule has 0 unspecified atom stereocenters. The van der Waals surface area contributed by atoms with E-state index in [2.05, 4.69) is 5.43 Å². The Morgan fingerprint density at radius 2 is 2.03 bits per heavy atom. The highest BCUT2D eigenvalue weighted by Gasteiger charge is 2.32. The van der Waals surface area contributed by atoms with E-state index in [1.807, 2.05) is 31.2 Å². The fourth-order valence-corrected chi connectivity index (χ4v) is 5.14. The molecule has 0 spiro atoms. The molecule has 2 heterocycles. The maximum atomic E-state index is 12.1. The molecule has 156 valence electrons. The van der Waals surface area contributed by atoms with Crippen molar-refractivity contribution in [2.75, 3.05) is 23.5 Å². The molecule has 2 aliphatic heterocycles. The summed E-state index contributed by atoms with van der Waals surface area (Å²) in [4.78, 5) is 12.1. The van der Waals surface area contributed by atoms with Crippen molar-refractivity contribution >= 4 is 34.9 Å². The van der Waals surface area contributed by atoms with Gasteiger partial charge in [0.25, 0.3) is 0 Å². The van der Waals surface area contributed by atoms with Gasteiger partial charge in [0.15, 0.2) is 0 Å². The van der Waals surface area contributed by atoms with Crippen LogP contribution in [0.15, 0.2) is 24.3 Å². The molecule has 1 saturated heterocycles. The van der Waals surface area contributed by atoms with Gasteiger partial charge in [-0.1, -0.05) is 12.1 Å². The number of halogens is 1. The van der Waals surface area contributed by atoms with Gasteiger partial charge in [0.05, 0.1) is 18.7 Å².